The summed E-state index contributed by atoms with van der Waals surface area (Å²) in [5, 5.41) is -0.402. The SMILES string of the molecule is CC(C)S(=O)(=O)CCS(=O)CC(C)(C)N. The summed E-state index contributed by atoms with van der Waals surface area (Å²) in [5.74, 6) is 0.495. The molecule has 0 amide bonds. The summed E-state index contributed by atoms with van der Waals surface area (Å²) in [5.41, 5.74) is 5.19. The topological polar surface area (TPSA) is 77.2 Å². The van der Waals surface area contributed by atoms with Crippen LogP contribution in [0.3, 0.4) is 0 Å². The molecule has 0 bridgehead atoms. The van der Waals surface area contributed by atoms with Crippen LogP contribution in [-0.2, 0) is 20.6 Å². The van der Waals surface area contributed by atoms with E-state index in [0.717, 1.165) is 0 Å². The summed E-state index contributed by atoms with van der Waals surface area (Å²) >= 11 is 0. The summed E-state index contributed by atoms with van der Waals surface area (Å²) in [6.07, 6.45) is 0. The third kappa shape index (κ3) is 7.03. The van der Waals surface area contributed by atoms with Crippen molar-refractivity contribution in [2.24, 2.45) is 5.73 Å². The van der Waals surface area contributed by atoms with Crippen LogP contribution < -0.4 is 5.73 Å². The van der Waals surface area contributed by atoms with E-state index in [1.165, 1.54) is 0 Å². The van der Waals surface area contributed by atoms with Crippen molar-refractivity contribution in [3.05, 3.63) is 0 Å². The monoisotopic (exact) mass is 255 g/mol. The maximum absolute atomic E-state index is 11.5. The maximum atomic E-state index is 11.5. The van der Waals surface area contributed by atoms with Crippen LogP contribution in [0.1, 0.15) is 27.7 Å². The van der Waals surface area contributed by atoms with Gasteiger partial charge in [0.15, 0.2) is 9.84 Å². The molecule has 0 saturated carbocycles. The van der Waals surface area contributed by atoms with Crippen LogP contribution in [0, 0.1) is 0 Å². The van der Waals surface area contributed by atoms with Gasteiger partial charge >= 0.3 is 0 Å². The fourth-order valence-corrected chi connectivity index (χ4v) is 4.05. The number of hydrogen-bond acceptors (Lipinski definition) is 4. The Hall–Kier alpha value is 0.0600. The first-order valence-corrected chi connectivity index (χ1v) is 8.10. The number of sulfone groups is 1. The van der Waals surface area contributed by atoms with Crippen molar-refractivity contribution in [1.82, 2.24) is 0 Å². The highest BCUT2D eigenvalue weighted by Gasteiger charge is 2.20. The molecule has 0 fully saturated rings. The molecule has 0 aromatic rings. The summed E-state index contributed by atoms with van der Waals surface area (Å²) in [4.78, 5) is 0. The smallest absolute Gasteiger partial charge is 0.153 e. The lowest BCUT2D eigenvalue weighted by molar-refractivity contribution is 0.575. The molecular weight excluding hydrogens is 234 g/mol. The predicted molar refractivity (Wildman–Crippen MR) is 65.1 cm³/mol. The lowest BCUT2D eigenvalue weighted by Crippen LogP contribution is -2.39. The van der Waals surface area contributed by atoms with Gasteiger partial charge in [-0.1, -0.05) is 0 Å². The summed E-state index contributed by atoms with van der Waals surface area (Å²) in [6.45, 7) is 6.82. The number of nitrogens with two attached hydrogens (primary N) is 1. The second-order valence-corrected chi connectivity index (χ2v) is 8.95. The molecule has 0 aliphatic rings. The third-order valence-corrected chi connectivity index (χ3v) is 6.04. The molecule has 0 radical (unpaired) electrons. The maximum Gasteiger partial charge on any atom is 0.153 e. The van der Waals surface area contributed by atoms with Gasteiger partial charge in [-0.05, 0) is 27.7 Å². The minimum absolute atomic E-state index is 0.0205. The minimum Gasteiger partial charge on any atom is -0.325 e. The van der Waals surface area contributed by atoms with Crippen molar-refractivity contribution in [1.29, 1.82) is 0 Å². The van der Waals surface area contributed by atoms with Gasteiger partial charge in [-0.15, -0.1) is 0 Å². The fraction of sp³-hybridized carbons (Fsp3) is 1.00. The normalized spacial score (nSPS) is 15.6. The first-order chi connectivity index (χ1) is 6.54. The van der Waals surface area contributed by atoms with Crippen LogP contribution >= 0.6 is 0 Å². The average Bonchev–Trinajstić information content (AvgIpc) is 1.97. The molecule has 0 saturated heterocycles. The first kappa shape index (κ1) is 15.1. The highest BCUT2D eigenvalue weighted by atomic mass is 32.2. The van der Waals surface area contributed by atoms with E-state index in [4.69, 9.17) is 5.73 Å². The third-order valence-electron chi connectivity index (χ3n) is 1.85. The van der Waals surface area contributed by atoms with Gasteiger partial charge in [0.05, 0.1) is 11.0 Å². The van der Waals surface area contributed by atoms with E-state index in [-0.39, 0.29) is 11.5 Å². The number of rotatable bonds is 6. The van der Waals surface area contributed by atoms with E-state index < -0.39 is 31.4 Å². The molecule has 0 spiro atoms. The quantitative estimate of drug-likeness (QED) is 0.740. The van der Waals surface area contributed by atoms with Crippen molar-refractivity contribution in [3.8, 4) is 0 Å². The highest BCUT2D eigenvalue weighted by molar-refractivity contribution is 7.93. The van der Waals surface area contributed by atoms with Gasteiger partial charge in [0.25, 0.3) is 0 Å². The zero-order valence-corrected chi connectivity index (χ0v) is 11.5. The Bertz CT molecular complexity index is 315. The molecule has 4 nitrogen and oxygen atoms in total. The van der Waals surface area contributed by atoms with E-state index in [1.54, 1.807) is 27.7 Å². The lowest BCUT2D eigenvalue weighted by Gasteiger charge is -2.17. The van der Waals surface area contributed by atoms with Crippen LogP contribution in [0.15, 0.2) is 0 Å². The second-order valence-electron chi connectivity index (χ2n) is 4.69. The van der Waals surface area contributed by atoms with E-state index >= 15 is 0 Å². The van der Waals surface area contributed by atoms with Gasteiger partial charge in [-0.25, -0.2) is 8.42 Å². The molecule has 1 atom stereocenters. The van der Waals surface area contributed by atoms with E-state index in [1.807, 2.05) is 0 Å². The van der Waals surface area contributed by atoms with E-state index in [0.29, 0.717) is 5.75 Å². The Morgan fingerprint density at radius 1 is 1.33 bits per heavy atom. The summed E-state index contributed by atoms with van der Waals surface area (Å²) < 4.78 is 34.4. The Kier molecular flexibility index (Phi) is 5.43. The number of hydrogen-bond donors (Lipinski definition) is 1. The Morgan fingerprint density at radius 2 is 1.80 bits per heavy atom. The molecule has 2 N–H and O–H groups in total. The largest absolute Gasteiger partial charge is 0.325 e. The second kappa shape index (κ2) is 5.41. The van der Waals surface area contributed by atoms with Crippen molar-refractivity contribution >= 4 is 20.6 Å². The van der Waals surface area contributed by atoms with Crippen molar-refractivity contribution in [2.45, 2.75) is 38.5 Å². The predicted octanol–water partition coefficient (Wildman–Crippen LogP) is 0.296. The molecule has 0 aliphatic carbocycles. The molecule has 0 aromatic carbocycles. The standard InChI is InChI=1S/C9H21NO3S2/c1-8(2)15(12,13)6-5-14(11)7-9(3,4)10/h8H,5-7,10H2,1-4H3. The van der Waals surface area contributed by atoms with Gasteiger partial charge in [0.1, 0.15) is 0 Å². The van der Waals surface area contributed by atoms with Gasteiger partial charge in [0, 0.05) is 27.8 Å². The molecule has 92 valence electrons. The fourth-order valence-electron chi connectivity index (χ4n) is 0.932. The molecule has 0 aliphatic heterocycles. The van der Waals surface area contributed by atoms with Crippen LogP contribution in [0.25, 0.3) is 0 Å². The summed E-state index contributed by atoms with van der Waals surface area (Å²) in [7, 11) is -4.24. The van der Waals surface area contributed by atoms with Crippen LogP contribution in [0.4, 0.5) is 0 Å². The Morgan fingerprint density at radius 3 is 2.13 bits per heavy atom. The van der Waals surface area contributed by atoms with Gasteiger partial charge in [0.2, 0.25) is 0 Å². The van der Waals surface area contributed by atoms with E-state index in [2.05, 4.69) is 0 Å². The molecule has 1 unspecified atom stereocenters. The van der Waals surface area contributed by atoms with Gasteiger partial charge < -0.3 is 5.73 Å². The molecule has 6 heteroatoms. The molecule has 15 heavy (non-hydrogen) atoms. The van der Waals surface area contributed by atoms with Crippen LogP contribution in [-0.4, -0.2) is 40.7 Å². The zero-order valence-electron chi connectivity index (χ0n) is 9.82. The van der Waals surface area contributed by atoms with E-state index in [9.17, 15) is 12.6 Å². The zero-order chi connectivity index (χ0) is 12.3. The first-order valence-electron chi connectivity index (χ1n) is 4.90. The molecule has 0 heterocycles. The van der Waals surface area contributed by atoms with Gasteiger partial charge in [-0.3, -0.25) is 4.21 Å². The minimum atomic E-state index is -3.08. The van der Waals surface area contributed by atoms with Gasteiger partial charge in [-0.2, -0.15) is 0 Å². The van der Waals surface area contributed by atoms with Crippen LogP contribution in [0.2, 0.25) is 0 Å². The Labute approximate surface area is 95.0 Å². The van der Waals surface area contributed by atoms with Crippen molar-refractivity contribution in [3.63, 3.8) is 0 Å². The van der Waals surface area contributed by atoms with Crippen molar-refractivity contribution in [2.75, 3.05) is 17.3 Å². The highest BCUT2D eigenvalue weighted by Crippen LogP contribution is 2.04. The van der Waals surface area contributed by atoms with Crippen LogP contribution in [0.5, 0.6) is 0 Å². The summed E-state index contributed by atoms with van der Waals surface area (Å²) in [6, 6.07) is 0. The molecular formula is C9H21NO3S2. The Balaban J connectivity index is 4.14. The molecule has 0 aromatic heterocycles. The van der Waals surface area contributed by atoms with Crippen molar-refractivity contribution < 1.29 is 12.6 Å². The average molecular weight is 255 g/mol. The lowest BCUT2D eigenvalue weighted by atomic mass is 10.1. The molecule has 0 rings (SSSR count).